The predicted molar refractivity (Wildman–Crippen MR) is 70.2 cm³/mol. The highest BCUT2D eigenvalue weighted by Crippen LogP contribution is 2.21. The third-order valence-electron chi connectivity index (χ3n) is 2.62. The van der Waals surface area contributed by atoms with Crippen LogP contribution in [0.2, 0.25) is 0 Å². The fraction of sp³-hybridized carbons (Fsp3) is 0.250. The zero-order valence-corrected chi connectivity index (χ0v) is 11.6. The molecule has 1 amide bonds. The molecule has 0 aliphatic heterocycles. The zero-order chi connectivity index (χ0) is 16.4. The van der Waals surface area contributed by atoms with E-state index in [1.54, 1.807) is 0 Å². The molecule has 0 aliphatic carbocycles. The summed E-state index contributed by atoms with van der Waals surface area (Å²) in [6.45, 7) is 1.36. The summed E-state index contributed by atoms with van der Waals surface area (Å²) < 4.78 is 49.9. The number of hydrogen-bond acceptors (Lipinski definition) is 3. The van der Waals surface area contributed by atoms with Crippen LogP contribution in [0.4, 0.5) is 13.2 Å². The van der Waals surface area contributed by atoms with Crippen molar-refractivity contribution in [2.45, 2.75) is 23.9 Å². The van der Waals surface area contributed by atoms with E-state index < -0.39 is 33.7 Å². The van der Waals surface area contributed by atoms with Crippen molar-refractivity contribution in [2.75, 3.05) is 0 Å². The first-order valence-electron chi connectivity index (χ1n) is 5.54. The standard InChI is InChI=1S/C12H12F3NO4S/c1-7(10(17)18)8-4-3-5-9(6-8)21(2,20)16-11(19)12(13,14)15/h3-7H,2H2,1H3,(H,17,18)(H,16,19,20). The van der Waals surface area contributed by atoms with Gasteiger partial charge in [-0.25, -0.2) is 4.21 Å². The Bertz CT molecular complexity index is 667. The highest BCUT2D eigenvalue weighted by Gasteiger charge is 2.40. The van der Waals surface area contributed by atoms with Crippen molar-refractivity contribution < 1.29 is 32.1 Å². The average molecular weight is 323 g/mol. The number of amides is 1. The highest BCUT2D eigenvalue weighted by atomic mass is 32.2. The Morgan fingerprint density at radius 1 is 1.38 bits per heavy atom. The summed E-state index contributed by atoms with van der Waals surface area (Å²) in [7, 11) is -3.74. The number of benzene rings is 1. The maximum absolute atomic E-state index is 12.2. The second kappa shape index (κ2) is 5.76. The first-order chi connectivity index (χ1) is 9.45. The van der Waals surface area contributed by atoms with Gasteiger partial charge in [0.1, 0.15) is 0 Å². The molecule has 0 saturated heterocycles. The van der Waals surface area contributed by atoms with Crippen LogP contribution in [0.3, 0.4) is 0 Å². The molecule has 0 bridgehead atoms. The molecule has 116 valence electrons. The van der Waals surface area contributed by atoms with Crippen LogP contribution in [-0.4, -0.2) is 33.2 Å². The van der Waals surface area contributed by atoms with Gasteiger partial charge in [0.15, 0.2) is 0 Å². The minimum atomic E-state index is -5.19. The van der Waals surface area contributed by atoms with Crippen molar-refractivity contribution in [1.29, 1.82) is 0 Å². The molecular formula is C12H12F3NO4S. The van der Waals surface area contributed by atoms with Crippen LogP contribution in [-0.2, 0) is 19.3 Å². The fourth-order valence-corrected chi connectivity index (χ4v) is 2.56. The lowest BCUT2D eigenvalue weighted by atomic mass is 10.0. The van der Waals surface area contributed by atoms with Crippen molar-refractivity contribution in [3.63, 3.8) is 0 Å². The van der Waals surface area contributed by atoms with E-state index in [2.05, 4.69) is 5.87 Å². The normalized spacial score (nSPS) is 15.8. The predicted octanol–water partition coefficient (Wildman–Crippen LogP) is 1.54. The zero-order valence-electron chi connectivity index (χ0n) is 10.8. The Balaban J connectivity index is 3.13. The van der Waals surface area contributed by atoms with Crippen molar-refractivity contribution in [3.8, 4) is 0 Å². The number of carboxylic acids is 1. The number of aliphatic carboxylic acids is 1. The molecule has 2 unspecified atom stereocenters. The van der Waals surface area contributed by atoms with Gasteiger partial charge in [-0.2, -0.15) is 13.2 Å². The maximum atomic E-state index is 12.2. The topological polar surface area (TPSA) is 83.5 Å². The molecule has 1 aromatic carbocycles. The molecule has 0 aliphatic rings. The average Bonchev–Trinajstić information content (AvgIpc) is 2.36. The van der Waals surface area contributed by atoms with Gasteiger partial charge in [-0.15, -0.1) is 0 Å². The number of halogens is 3. The second-order valence-corrected chi connectivity index (χ2v) is 6.26. The summed E-state index contributed by atoms with van der Waals surface area (Å²) in [4.78, 5) is 21.5. The molecule has 9 heteroatoms. The minimum absolute atomic E-state index is 0.189. The van der Waals surface area contributed by atoms with E-state index in [1.165, 1.54) is 29.8 Å². The van der Waals surface area contributed by atoms with Crippen LogP contribution < -0.4 is 4.72 Å². The third-order valence-corrected chi connectivity index (χ3v) is 4.15. The van der Waals surface area contributed by atoms with Crippen LogP contribution >= 0.6 is 0 Å². The molecule has 0 spiro atoms. The van der Waals surface area contributed by atoms with E-state index in [-0.39, 0.29) is 10.5 Å². The summed E-state index contributed by atoms with van der Waals surface area (Å²) in [5.41, 5.74) is 0.234. The molecule has 1 aromatic rings. The van der Waals surface area contributed by atoms with Gasteiger partial charge in [0.05, 0.1) is 15.6 Å². The van der Waals surface area contributed by atoms with E-state index in [1.807, 2.05) is 0 Å². The SMILES string of the molecule is C=S(=O)(NC(=O)C(F)(F)F)c1cccc(C(C)C(=O)O)c1. The van der Waals surface area contributed by atoms with E-state index in [0.717, 1.165) is 6.07 Å². The lowest BCUT2D eigenvalue weighted by Crippen LogP contribution is -2.40. The Morgan fingerprint density at radius 3 is 2.43 bits per heavy atom. The first kappa shape index (κ1) is 17.0. The Labute approximate surface area is 118 Å². The molecule has 0 fully saturated rings. The molecule has 1 rings (SSSR count). The van der Waals surface area contributed by atoms with Crippen LogP contribution in [0.1, 0.15) is 18.4 Å². The molecule has 0 heterocycles. The minimum Gasteiger partial charge on any atom is -0.481 e. The number of rotatable bonds is 4. The lowest BCUT2D eigenvalue weighted by Gasteiger charge is -2.15. The molecule has 21 heavy (non-hydrogen) atoms. The largest absolute Gasteiger partial charge is 0.481 e. The van der Waals surface area contributed by atoms with Gasteiger partial charge < -0.3 is 5.11 Å². The van der Waals surface area contributed by atoms with E-state index in [4.69, 9.17) is 5.11 Å². The van der Waals surface area contributed by atoms with Gasteiger partial charge >= 0.3 is 18.1 Å². The molecule has 2 N–H and O–H groups in total. The van der Waals surface area contributed by atoms with Gasteiger partial charge in [-0.05, 0) is 30.5 Å². The van der Waals surface area contributed by atoms with Crippen molar-refractivity contribution in [2.24, 2.45) is 0 Å². The summed E-state index contributed by atoms with van der Waals surface area (Å²) >= 11 is 0. The van der Waals surface area contributed by atoms with Crippen LogP contribution in [0.25, 0.3) is 0 Å². The van der Waals surface area contributed by atoms with Gasteiger partial charge in [0.2, 0.25) is 0 Å². The number of nitrogens with one attached hydrogen (secondary N) is 1. The number of carbonyl (C=O) groups is 2. The number of alkyl halides is 3. The summed E-state index contributed by atoms with van der Waals surface area (Å²) in [6.07, 6.45) is -5.19. The van der Waals surface area contributed by atoms with E-state index in [0.29, 0.717) is 0 Å². The lowest BCUT2D eigenvalue weighted by molar-refractivity contribution is -0.171. The van der Waals surface area contributed by atoms with Gasteiger partial charge in [-0.1, -0.05) is 12.1 Å². The molecule has 0 saturated carbocycles. The van der Waals surface area contributed by atoms with Gasteiger partial charge in [0, 0.05) is 4.90 Å². The van der Waals surface area contributed by atoms with Crippen molar-refractivity contribution in [1.82, 2.24) is 4.72 Å². The number of hydrogen-bond donors (Lipinski definition) is 2. The maximum Gasteiger partial charge on any atom is 0.472 e. The van der Waals surface area contributed by atoms with Gasteiger partial charge in [-0.3, -0.25) is 14.3 Å². The van der Waals surface area contributed by atoms with Crippen LogP contribution in [0.5, 0.6) is 0 Å². The number of carboxylic acid groups (broad SMARTS) is 1. The van der Waals surface area contributed by atoms with Crippen molar-refractivity contribution >= 4 is 27.5 Å². The monoisotopic (exact) mass is 323 g/mol. The highest BCUT2D eigenvalue weighted by molar-refractivity contribution is 7.99. The van der Waals surface area contributed by atoms with Crippen LogP contribution in [0, 0.1) is 0 Å². The Hall–Kier alpha value is -2.03. The first-order valence-corrected chi connectivity index (χ1v) is 7.27. The summed E-state index contributed by atoms with van der Waals surface area (Å²) in [5, 5.41) is 8.88. The van der Waals surface area contributed by atoms with Crippen LogP contribution in [0.15, 0.2) is 29.2 Å². The molecule has 0 radical (unpaired) electrons. The van der Waals surface area contributed by atoms with Gasteiger partial charge in [0.25, 0.3) is 0 Å². The fourth-order valence-electron chi connectivity index (χ4n) is 1.40. The van der Waals surface area contributed by atoms with E-state index in [9.17, 15) is 27.0 Å². The summed E-state index contributed by atoms with van der Waals surface area (Å²) in [6, 6.07) is 5.09. The summed E-state index contributed by atoms with van der Waals surface area (Å²) in [5.74, 6) is -1.39. The Morgan fingerprint density at radius 2 is 1.95 bits per heavy atom. The quantitative estimate of drug-likeness (QED) is 0.824. The smallest absolute Gasteiger partial charge is 0.472 e. The van der Waals surface area contributed by atoms with E-state index >= 15 is 0 Å². The molecular weight excluding hydrogens is 311 g/mol. The van der Waals surface area contributed by atoms with Crippen molar-refractivity contribution in [3.05, 3.63) is 29.8 Å². The molecule has 0 aromatic heterocycles. The third kappa shape index (κ3) is 4.22. The molecule has 2 atom stereocenters. The number of carbonyl (C=O) groups excluding carboxylic acids is 1. The Kier molecular flexibility index (Phi) is 4.67. The molecule has 5 nitrogen and oxygen atoms in total. The second-order valence-electron chi connectivity index (χ2n) is 4.24.